The predicted molar refractivity (Wildman–Crippen MR) is 115 cm³/mol. The Morgan fingerprint density at radius 3 is 1.88 bits per heavy atom. The van der Waals surface area contributed by atoms with Crippen molar-refractivity contribution < 1.29 is 35.5 Å². The van der Waals surface area contributed by atoms with Crippen LogP contribution in [0.4, 0.5) is 30.7 Å². The van der Waals surface area contributed by atoms with Crippen molar-refractivity contribution >= 4 is 0 Å². The molecule has 4 atom stereocenters. The second kappa shape index (κ2) is 10.3. The van der Waals surface area contributed by atoms with E-state index in [0.29, 0.717) is 24.5 Å². The Kier molecular flexibility index (Phi) is 7.55. The Morgan fingerprint density at radius 2 is 1.38 bits per heavy atom. The molecule has 2 aliphatic rings. The Labute approximate surface area is 194 Å². The summed E-state index contributed by atoms with van der Waals surface area (Å²) in [4.78, 5) is 0. The van der Waals surface area contributed by atoms with Crippen LogP contribution in [0.2, 0.25) is 0 Å². The minimum Gasteiger partial charge on any atom is -0.373 e. The summed E-state index contributed by atoms with van der Waals surface area (Å²) < 4.78 is 106. The first-order valence-corrected chi connectivity index (χ1v) is 11.7. The molecule has 0 radical (unpaired) electrons. The van der Waals surface area contributed by atoms with Crippen LogP contribution in [0.15, 0.2) is 24.3 Å². The highest BCUT2D eigenvalue weighted by molar-refractivity contribution is 5.66. The molecule has 0 N–H and O–H groups in total. The van der Waals surface area contributed by atoms with Gasteiger partial charge in [-0.25, -0.2) is 30.7 Å². The zero-order valence-corrected chi connectivity index (χ0v) is 18.8. The van der Waals surface area contributed by atoms with Crippen LogP contribution in [-0.2, 0) is 11.2 Å². The summed E-state index contributed by atoms with van der Waals surface area (Å²) in [6.45, 7) is 2.55. The van der Waals surface area contributed by atoms with Gasteiger partial charge in [0.25, 0.3) is 0 Å². The van der Waals surface area contributed by atoms with Gasteiger partial charge in [0.2, 0.25) is 0 Å². The molecule has 2 aromatic carbocycles. The van der Waals surface area contributed by atoms with Crippen LogP contribution in [0.25, 0.3) is 11.1 Å². The molecule has 4 unspecified atom stereocenters. The van der Waals surface area contributed by atoms with E-state index in [1.165, 1.54) is 0 Å². The highest BCUT2D eigenvalue weighted by atomic mass is 19.2. The van der Waals surface area contributed by atoms with Crippen molar-refractivity contribution in [2.45, 2.75) is 70.1 Å². The van der Waals surface area contributed by atoms with Gasteiger partial charge in [-0.3, -0.25) is 0 Å². The molecular weight excluding hydrogens is 461 g/mol. The smallest absolute Gasteiger partial charge is 0.162 e. The first-order valence-electron chi connectivity index (χ1n) is 11.7. The van der Waals surface area contributed by atoms with Crippen molar-refractivity contribution in [3.05, 3.63) is 58.7 Å². The topological polar surface area (TPSA) is 9.23 Å². The van der Waals surface area contributed by atoms with E-state index in [2.05, 4.69) is 6.92 Å². The van der Waals surface area contributed by atoms with Crippen LogP contribution >= 0.6 is 0 Å². The number of halogens is 7. The molecule has 0 aromatic heterocycles. The molecule has 4 rings (SSSR count). The Bertz CT molecular complexity index is 960. The van der Waals surface area contributed by atoms with E-state index in [9.17, 15) is 30.7 Å². The quantitative estimate of drug-likeness (QED) is 0.391. The van der Waals surface area contributed by atoms with Crippen molar-refractivity contribution in [2.75, 3.05) is 6.61 Å². The number of hydrogen-bond acceptors (Lipinski definition) is 1. The largest absolute Gasteiger partial charge is 0.373 e. The van der Waals surface area contributed by atoms with Crippen molar-refractivity contribution in [3.63, 3.8) is 0 Å². The van der Waals surface area contributed by atoms with Gasteiger partial charge in [0.15, 0.2) is 6.17 Å². The molecule has 34 heavy (non-hydrogen) atoms. The van der Waals surface area contributed by atoms with Gasteiger partial charge in [0, 0.05) is 5.56 Å². The lowest BCUT2D eigenvalue weighted by atomic mass is 9.81. The van der Waals surface area contributed by atoms with E-state index < -0.39 is 64.9 Å². The van der Waals surface area contributed by atoms with Gasteiger partial charge in [0.05, 0.1) is 18.3 Å². The molecule has 2 aromatic rings. The van der Waals surface area contributed by atoms with E-state index in [1.54, 1.807) is 0 Å². The third-order valence-corrected chi connectivity index (χ3v) is 7.11. The first kappa shape index (κ1) is 25.0. The minimum absolute atomic E-state index is 0.324. The molecule has 1 aliphatic heterocycles. The lowest BCUT2D eigenvalue weighted by molar-refractivity contribution is -0.0183. The summed E-state index contributed by atoms with van der Waals surface area (Å²) in [7, 11) is 0. The average Bonchev–Trinajstić information content (AvgIpc) is 2.79. The van der Waals surface area contributed by atoms with Crippen molar-refractivity contribution in [1.29, 1.82) is 0 Å². The zero-order chi connectivity index (χ0) is 24.6. The Hall–Kier alpha value is -2.09. The minimum atomic E-state index is -2.24. The summed E-state index contributed by atoms with van der Waals surface area (Å²) in [5.74, 6) is -4.47. The van der Waals surface area contributed by atoms with Crippen LogP contribution in [0.3, 0.4) is 0 Å². The lowest BCUT2D eigenvalue weighted by Gasteiger charge is -2.30. The summed E-state index contributed by atoms with van der Waals surface area (Å²) in [5.41, 5.74) is -1.00. The number of alkyl halides is 3. The monoisotopic (exact) mass is 488 g/mol. The third kappa shape index (κ3) is 5.11. The third-order valence-electron chi connectivity index (χ3n) is 7.11. The maximum atomic E-state index is 14.9. The van der Waals surface area contributed by atoms with E-state index in [0.717, 1.165) is 37.1 Å². The molecule has 1 aliphatic carbocycles. The predicted octanol–water partition coefficient (Wildman–Crippen LogP) is 7.75. The Morgan fingerprint density at radius 1 is 0.794 bits per heavy atom. The maximum absolute atomic E-state index is 14.9. The normalized spacial score (nSPS) is 29.9. The Balaban J connectivity index is 1.56. The molecule has 1 heterocycles. The molecule has 1 nitrogen and oxygen atoms in total. The summed E-state index contributed by atoms with van der Waals surface area (Å²) in [6, 6.07) is 3.86. The second-order valence-electron chi connectivity index (χ2n) is 9.47. The molecule has 1 saturated heterocycles. The van der Waals surface area contributed by atoms with Crippen LogP contribution in [-0.4, -0.2) is 25.1 Å². The first-order chi connectivity index (χ1) is 16.2. The highest BCUT2D eigenvalue weighted by Gasteiger charge is 2.39. The summed E-state index contributed by atoms with van der Waals surface area (Å²) in [6.07, 6.45) is -5.35. The number of hydrogen-bond donors (Lipinski definition) is 0. The van der Waals surface area contributed by atoms with Crippen molar-refractivity contribution in [2.24, 2.45) is 11.8 Å². The van der Waals surface area contributed by atoms with E-state index in [-0.39, 0.29) is 24.8 Å². The van der Waals surface area contributed by atoms with E-state index in [1.807, 2.05) is 0 Å². The molecule has 0 bridgehead atoms. The van der Waals surface area contributed by atoms with Gasteiger partial charge in [-0.2, -0.15) is 0 Å². The van der Waals surface area contributed by atoms with Gasteiger partial charge >= 0.3 is 0 Å². The number of benzene rings is 2. The SMILES string of the molecule is CCC1CCC(c2cc(F)c(-c3cc(F)c(CC4CC(F)C(F)C(F)C4)c(F)c3)c(F)c2)OC1. The number of rotatable bonds is 5. The van der Waals surface area contributed by atoms with Crippen LogP contribution in [0, 0.1) is 35.1 Å². The van der Waals surface area contributed by atoms with Gasteiger partial charge in [-0.15, -0.1) is 0 Å². The average molecular weight is 488 g/mol. The van der Waals surface area contributed by atoms with E-state index in [4.69, 9.17) is 4.74 Å². The van der Waals surface area contributed by atoms with Crippen LogP contribution in [0.5, 0.6) is 0 Å². The maximum Gasteiger partial charge on any atom is 0.162 e. The molecule has 1 saturated carbocycles. The second-order valence-corrected chi connectivity index (χ2v) is 9.47. The zero-order valence-electron chi connectivity index (χ0n) is 18.8. The fraction of sp³-hybridized carbons (Fsp3) is 0.538. The fourth-order valence-corrected chi connectivity index (χ4v) is 5.06. The standard InChI is InChI=1S/C26H27F7O/c1-2-13-3-4-24(34-12-13)15-8-20(29)25(21(30)9-15)16-10-18(27)17(19(28)11-16)5-14-6-22(31)26(33)23(32)7-14/h8-11,13-14,22-24,26H,2-7,12H2,1H3. The van der Waals surface area contributed by atoms with Crippen molar-refractivity contribution in [3.8, 4) is 11.1 Å². The highest BCUT2D eigenvalue weighted by Crippen LogP contribution is 2.38. The molecule has 8 heteroatoms. The molecule has 0 spiro atoms. The molecule has 186 valence electrons. The van der Waals surface area contributed by atoms with Gasteiger partial charge < -0.3 is 4.74 Å². The van der Waals surface area contributed by atoms with Gasteiger partial charge in [-0.1, -0.05) is 13.3 Å². The fourth-order valence-electron chi connectivity index (χ4n) is 5.06. The summed E-state index contributed by atoms with van der Waals surface area (Å²) in [5, 5.41) is 0. The molecule has 0 amide bonds. The van der Waals surface area contributed by atoms with Gasteiger partial charge in [-0.05, 0) is 79.3 Å². The van der Waals surface area contributed by atoms with Crippen molar-refractivity contribution in [1.82, 2.24) is 0 Å². The molecule has 2 fully saturated rings. The summed E-state index contributed by atoms with van der Waals surface area (Å²) >= 11 is 0. The number of ether oxygens (including phenoxy) is 1. The van der Waals surface area contributed by atoms with Gasteiger partial charge in [0.1, 0.15) is 35.6 Å². The molecular formula is C26H27F7O. The lowest BCUT2D eigenvalue weighted by Crippen LogP contribution is -2.37. The van der Waals surface area contributed by atoms with Crippen LogP contribution in [0.1, 0.15) is 56.3 Å². The van der Waals surface area contributed by atoms with E-state index >= 15 is 0 Å². The van der Waals surface area contributed by atoms with Crippen LogP contribution < -0.4 is 0 Å².